The van der Waals surface area contributed by atoms with Crippen molar-refractivity contribution in [2.75, 3.05) is 6.54 Å². The molecule has 0 fully saturated rings. The fourth-order valence-corrected chi connectivity index (χ4v) is 1.67. The van der Waals surface area contributed by atoms with Gasteiger partial charge in [-0.2, -0.15) is 0 Å². The molecule has 0 aliphatic heterocycles. The number of amides is 1. The molecule has 14 heavy (non-hydrogen) atoms. The summed E-state index contributed by atoms with van der Waals surface area (Å²) in [6, 6.07) is 5.34. The Morgan fingerprint density at radius 1 is 1.43 bits per heavy atom. The normalized spacial score (nSPS) is 10.1. The largest absolute Gasteiger partial charge is 0.366 e. The number of nitrogens with two attached hydrogens (primary N) is 2. The molecule has 4 heteroatoms. The van der Waals surface area contributed by atoms with Gasteiger partial charge in [-0.1, -0.05) is 6.07 Å². The molecule has 1 aromatic carbocycles. The molecular formula is C10H14N2OS. The molecule has 0 unspecified atom stereocenters. The van der Waals surface area contributed by atoms with Crippen LogP contribution in [-0.4, -0.2) is 12.5 Å². The van der Waals surface area contributed by atoms with Crippen molar-refractivity contribution in [2.24, 2.45) is 11.5 Å². The molecule has 3 nitrogen and oxygen atoms in total. The Bertz CT molecular complexity index is 339. The number of rotatable bonds is 4. The van der Waals surface area contributed by atoms with E-state index in [4.69, 9.17) is 11.5 Å². The molecule has 76 valence electrons. The first-order valence-electron chi connectivity index (χ1n) is 4.47. The number of primary amides is 1. The minimum absolute atomic E-state index is 0.409. The smallest absolute Gasteiger partial charge is 0.249 e. The lowest BCUT2D eigenvalue weighted by Gasteiger charge is -2.08. The van der Waals surface area contributed by atoms with Gasteiger partial charge in [-0.3, -0.25) is 4.79 Å². The molecule has 0 aliphatic rings. The fourth-order valence-electron chi connectivity index (χ4n) is 1.35. The number of benzene rings is 1. The molecule has 0 aliphatic carbocycles. The van der Waals surface area contributed by atoms with Gasteiger partial charge in [-0.25, -0.2) is 0 Å². The zero-order valence-corrected chi connectivity index (χ0v) is 8.76. The lowest BCUT2D eigenvalue weighted by molar-refractivity contribution is 0.0999. The van der Waals surface area contributed by atoms with Crippen LogP contribution in [0.15, 0.2) is 23.1 Å². The lowest BCUT2D eigenvalue weighted by atomic mass is 10.0. The molecule has 0 bridgehead atoms. The summed E-state index contributed by atoms with van der Waals surface area (Å²) in [6.07, 6.45) is 1.58. The highest BCUT2D eigenvalue weighted by Gasteiger charge is 2.09. The number of carbonyl (C=O) groups is 1. The van der Waals surface area contributed by atoms with Gasteiger partial charge < -0.3 is 11.5 Å². The second-order valence-electron chi connectivity index (χ2n) is 3.06. The monoisotopic (exact) mass is 210 g/mol. The van der Waals surface area contributed by atoms with E-state index in [2.05, 4.69) is 12.6 Å². The second kappa shape index (κ2) is 5.02. The summed E-state index contributed by atoms with van der Waals surface area (Å²) in [5.41, 5.74) is 12.1. The van der Waals surface area contributed by atoms with Gasteiger partial charge in [0.2, 0.25) is 5.91 Å². The summed E-state index contributed by atoms with van der Waals surface area (Å²) in [4.78, 5) is 11.9. The summed E-state index contributed by atoms with van der Waals surface area (Å²) < 4.78 is 0. The molecule has 0 atom stereocenters. The summed E-state index contributed by atoms with van der Waals surface area (Å²) in [7, 11) is 0. The van der Waals surface area contributed by atoms with E-state index in [0.29, 0.717) is 12.1 Å². The molecular weight excluding hydrogens is 196 g/mol. The average molecular weight is 210 g/mol. The van der Waals surface area contributed by atoms with Gasteiger partial charge in [0.25, 0.3) is 0 Å². The van der Waals surface area contributed by atoms with E-state index in [1.807, 2.05) is 6.07 Å². The third-order valence-corrected chi connectivity index (χ3v) is 2.47. The van der Waals surface area contributed by atoms with Gasteiger partial charge in [0.05, 0.1) is 0 Å². The van der Waals surface area contributed by atoms with E-state index in [-0.39, 0.29) is 0 Å². The Balaban J connectivity index is 3.02. The Morgan fingerprint density at radius 3 is 2.71 bits per heavy atom. The van der Waals surface area contributed by atoms with Crippen molar-refractivity contribution < 1.29 is 4.79 Å². The summed E-state index contributed by atoms with van der Waals surface area (Å²) in [5.74, 6) is -0.409. The van der Waals surface area contributed by atoms with Crippen LogP contribution < -0.4 is 11.5 Å². The number of thiol groups is 1. The topological polar surface area (TPSA) is 69.1 Å². The van der Waals surface area contributed by atoms with Gasteiger partial charge in [0.15, 0.2) is 0 Å². The molecule has 0 heterocycles. The maximum atomic E-state index is 11.1. The van der Waals surface area contributed by atoms with Crippen molar-refractivity contribution >= 4 is 18.5 Å². The van der Waals surface area contributed by atoms with Crippen molar-refractivity contribution in [2.45, 2.75) is 17.7 Å². The first-order valence-corrected chi connectivity index (χ1v) is 4.92. The van der Waals surface area contributed by atoms with Crippen LogP contribution >= 0.6 is 12.6 Å². The fraction of sp³-hybridized carbons (Fsp3) is 0.300. The number of hydrogen-bond donors (Lipinski definition) is 3. The van der Waals surface area contributed by atoms with Gasteiger partial charge in [-0.05, 0) is 37.1 Å². The third-order valence-electron chi connectivity index (χ3n) is 2.05. The second-order valence-corrected chi connectivity index (χ2v) is 3.54. The van der Waals surface area contributed by atoms with E-state index in [1.165, 1.54) is 0 Å². The SMILES string of the molecule is NCCCc1c(S)cccc1C(N)=O. The maximum absolute atomic E-state index is 11.1. The minimum Gasteiger partial charge on any atom is -0.366 e. The van der Waals surface area contributed by atoms with Crippen LogP contribution in [0.1, 0.15) is 22.3 Å². The van der Waals surface area contributed by atoms with Gasteiger partial charge in [0, 0.05) is 10.5 Å². The van der Waals surface area contributed by atoms with Crippen LogP contribution in [-0.2, 0) is 6.42 Å². The van der Waals surface area contributed by atoms with E-state index in [0.717, 1.165) is 23.3 Å². The summed E-state index contributed by atoms with van der Waals surface area (Å²) in [5, 5.41) is 0. The zero-order valence-electron chi connectivity index (χ0n) is 7.86. The van der Waals surface area contributed by atoms with Gasteiger partial charge in [0.1, 0.15) is 0 Å². The lowest BCUT2D eigenvalue weighted by Crippen LogP contribution is -2.14. The maximum Gasteiger partial charge on any atom is 0.249 e. The number of carbonyl (C=O) groups excluding carboxylic acids is 1. The Labute approximate surface area is 88.9 Å². The highest BCUT2D eigenvalue weighted by atomic mass is 32.1. The van der Waals surface area contributed by atoms with Crippen LogP contribution in [0.2, 0.25) is 0 Å². The molecule has 0 aromatic heterocycles. The van der Waals surface area contributed by atoms with Crippen molar-refractivity contribution in [3.63, 3.8) is 0 Å². The van der Waals surface area contributed by atoms with E-state index in [9.17, 15) is 4.79 Å². The Hall–Kier alpha value is -1.00. The van der Waals surface area contributed by atoms with Crippen molar-refractivity contribution in [1.82, 2.24) is 0 Å². The standard InChI is InChI=1S/C10H14N2OS/c11-6-2-4-7-8(10(12)13)3-1-5-9(7)14/h1,3,5,14H,2,4,6,11H2,(H2,12,13). The van der Waals surface area contributed by atoms with Crippen LogP contribution in [0.25, 0.3) is 0 Å². The van der Waals surface area contributed by atoms with E-state index >= 15 is 0 Å². The molecule has 4 N–H and O–H groups in total. The minimum atomic E-state index is -0.409. The van der Waals surface area contributed by atoms with Crippen LogP contribution in [0.5, 0.6) is 0 Å². The molecule has 0 radical (unpaired) electrons. The zero-order chi connectivity index (χ0) is 10.6. The Kier molecular flexibility index (Phi) is 3.98. The van der Waals surface area contributed by atoms with Gasteiger partial charge in [-0.15, -0.1) is 12.6 Å². The van der Waals surface area contributed by atoms with E-state index in [1.54, 1.807) is 12.1 Å². The average Bonchev–Trinajstić information content (AvgIpc) is 2.15. The highest BCUT2D eigenvalue weighted by Crippen LogP contribution is 2.19. The predicted octanol–water partition coefficient (Wildman–Crippen LogP) is 0.966. The first kappa shape index (κ1) is 11.1. The van der Waals surface area contributed by atoms with E-state index < -0.39 is 5.91 Å². The molecule has 0 saturated heterocycles. The van der Waals surface area contributed by atoms with Crippen molar-refractivity contribution in [3.05, 3.63) is 29.3 Å². The van der Waals surface area contributed by atoms with Crippen LogP contribution in [0.4, 0.5) is 0 Å². The summed E-state index contributed by atoms with van der Waals surface area (Å²) >= 11 is 4.29. The molecule has 0 spiro atoms. The molecule has 0 saturated carbocycles. The molecule has 1 rings (SSSR count). The van der Waals surface area contributed by atoms with Crippen LogP contribution in [0, 0.1) is 0 Å². The highest BCUT2D eigenvalue weighted by molar-refractivity contribution is 7.80. The van der Waals surface area contributed by atoms with Crippen LogP contribution in [0.3, 0.4) is 0 Å². The summed E-state index contributed by atoms with van der Waals surface area (Å²) in [6.45, 7) is 0.598. The third kappa shape index (κ3) is 2.49. The van der Waals surface area contributed by atoms with Gasteiger partial charge >= 0.3 is 0 Å². The van der Waals surface area contributed by atoms with Crippen molar-refractivity contribution in [1.29, 1.82) is 0 Å². The predicted molar refractivity (Wildman–Crippen MR) is 59.6 cm³/mol. The number of hydrogen-bond acceptors (Lipinski definition) is 3. The Morgan fingerprint density at radius 2 is 2.14 bits per heavy atom. The van der Waals surface area contributed by atoms with Crippen molar-refractivity contribution in [3.8, 4) is 0 Å². The quantitative estimate of drug-likeness (QED) is 0.648. The molecule has 1 aromatic rings. The molecule has 1 amide bonds. The first-order chi connectivity index (χ1) is 6.66.